The van der Waals surface area contributed by atoms with E-state index in [1.54, 1.807) is 7.05 Å². The first-order valence-electron chi connectivity index (χ1n) is 6.94. The Labute approximate surface area is 114 Å². The van der Waals surface area contributed by atoms with E-state index in [1.807, 2.05) is 13.8 Å². The molecule has 0 saturated carbocycles. The van der Waals surface area contributed by atoms with Crippen molar-refractivity contribution in [1.29, 1.82) is 0 Å². The molecule has 1 aliphatic rings. The smallest absolute Gasteiger partial charge is 0.323 e. The Kier molecular flexibility index (Phi) is 4.39. The Morgan fingerprint density at radius 1 is 1.32 bits per heavy atom. The molecular weight excluding hydrogens is 242 g/mol. The molecule has 1 fully saturated rings. The van der Waals surface area contributed by atoms with E-state index in [-0.39, 0.29) is 6.10 Å². The fourth-order valence-corrected chi connectivity index (χ4v) is 2.23. The molecule has 0 spiro atoms. The Bertz CT molecular complexity index is 423. The minimum Gasteiger partial charge on any atom is -0.461 e. The zero-order valence-electron chi connectivity index (χ0n) is 12.2. The van der Waals surface area contributed by atoms with E-state index in [1.165, 1.54) is 12.8 Å². The summed E-state index contributed by atoms with van der Waals surface area (Å²) in [6.45, 7) is 8.18. The van der Waals surface area contributed by atoms with E-state index < -0.39 is 0 Å². The predicted octanol–water partition coefficient (Wildman–Crippen LogP) is 1.94. The van der Waals surface area contributed by atoms with E-state index in [4.69, 9.17) is 4.74 Å². The monoisotopic (exact) mass is 265 g/mol. The number of anilines is 2. The summed E-state index contributed by atoms with van der Waals surface area (Å²) >= 11 is 0. The molecule has 0 bridgehead atoms. The zero-order valence-corrected chi connectivity index (χ0v) is 12.2. The molecule has 1 unspecified atom stereocenters. The van der Waals surface area contributed by atoms with E-state index in [9.17, 15) is 0 Å². The maximum atomic E-state index is 5.59. The normalized spacial score (nSPS) is 19.6. The number of nitrogens with one attached hydrogen (secondary N) is 1. The minimum atomic E-state index is 0.0558. The summed E-state index contributed by atoms with van der Waals surface area (Å²) < 4.78 is 5.59. The molecule has 1 atom stereocenters. The van der Waals surface area contributed by atoms with Crippen molar-refractivity contribution in [2.24, 2.45) is 5.92 Å². The molecule has 2 rings (SSSR count). The van der Waals surface area contributed by atoms with Crippen molar-refractivity contribution in [3.8, 4) is 6.01 Å². The van der Waals surface area contributed by atoms with Crippen molar-refractivity contribution >= 4 is 11.9 Å². The van der Waals surface area contributed by atoms with Gasteiger partial charge in [-0.25, -0.2) is 0 Å². The van der Waals surface area contributed by atoms with Crippen molar-refractivity contribution in [3.05, 3.63) is 0 Å². The number of ether oxygens (including phenoxy) is 1. The van der Waals surface area contributed by atoms with Gasteiger partial charge in [0.15, 0.2) is 0 Å². The van der Waals surface area contributed by atoms with Gasteiger partial charge in [0.2, 0.25) is 11.9 Å². The maximum absolute atomic E-state index is 5.59. The van der Waals surface area contributed by atoms with Gasteiger partial charge in [-0.15, -0.1) is 0 Å². The Morgan fingerprint density at radius 3 is 2.74 bits per heavy atom. The van der Waals surface area contributed by atoms with Crippen LogP contribution in [0.5, 0.6) is 6.01 Å². The summed E-state index contributed by atoms with van der Waals surface area (Å²) in [5, 5.41) is 2.96. The average Bonchev–Trinajstić information content (AvgIpc) is 2.37. The predicted molar refractivity (Wildman–Crippen MR) is 75.7 cm³/mol. The van der Waals surface area contributed by atoms with Crippen molar-refractivity contribution < 1.29 is 4.74 Å². The van der Waals surface area contributed by atoms with E-state index in [0.717, 1.165) is 13.1 Å². The van der Waals surface area contributed by atoms with Crippen LogP contribution in [0.4, 0.5) is 11.9 Å². The van der Waals surface area contributed by atoms with Crippen LogP contribution in [0.15, 0.2) is 0 Å². The van der Waals surface area contributed by atoms with Gasteiger partial charge in [-0.1, -0.05) is 6.92 Å². The van der Waals surface area contributed by atoms with Crippen LogP contribution in [0.25, 0.3) is 0 Å². The summed E-state index contributed by atoms with van der Waals surface area (Å²) in [6, 6.07) is 0.391. The van der Waals surface area contributed by atoms with Gasteiger partial charge in [0, 0.05) is 20.1 Å². The summed E-state index contributed by atoms with van der Waals surface area (Å²) in [4.78, 5) is 15.3. The van der Waals surface area contributed by atoms with Crippen LogP contribution in [0, 0.1) is 5.92 Å². The van der Waals surface area contributed by atoms with Crippen molar-refractivity contribution in [1.82, 2.24) is 15.0 Å². The van der Waals surface area contributed by atoms with Crippen LogP contribution >= 0.6 is 0 Å². The minimum absolute atomic E-state index is 0.0558. The largest absolute Gasteiger partial charge is 0.461 e. The third-order valence-corrected chi connectivity index (χ3v) is 3.11. The van der Waals surface area contributed by atoms with Crippen molar-refractivity contribution in [2.45, 2.75) is 39.7 Å². The third kappa shape index (κ3) is 3.68. The first-order valence-corrected chi connectivity index (χ1v) is 6.94. The van der Waals surface area contributed by atoms with Gasteiger partial charge in [-0.05, 0) is 32.6 Å². The van der Waals surface area contributed by atoms with Crippen molar-refractivity contribution in [3.63, 3.8) is 0 Å². The highest BCUT2D eigenvalue weighted by Crippen LogP contribution is 2.22. The third-order valence-electron chi connectivity index (χ3n) is 3.11. The molecule has 0 amide bonds. The molecule has 1 saturated heterocycles. The number of piperidine rings is 1. The van der Waals surface area contributed by atoms with Crippen molar-refractivity contribution in [2.75, 3.05) is 30.4 Å². The Hall–Kier alpha value is -1.59. The lowest BCUT2D eigenvalue weighted by Gasteiger charge is -2.31. The van der Waals surface area contributed by atoms with Gasteiger partial charge in [0.25, 0.3) is 0 Å². The van der Waals surface area contributed by atoms with Gasteiger partial charge in [0.1, 0.15) is 0 Å². The quantitative estimate of drug-likeness (QED) is 0.897. The first kappa shape index (κ1) is 13.8. The van der Waals surface area contributed by atoms with Crippen LogP contribution in [-0.2, 0) is 0 Å². The zero-order chi connectivity index (χ0) is 13.8. The van der Waals surface area contributed by atoms with E-state index in [2.05, 4.69) is 32.1 Å². The second kappa shape index (κ2) is 6.04. The summed E-state index contributed by atoms with van der Waals surface area (Å²) in [5.74, 6) is 1.94. The molecule has 2 heterocycles. The lowest BCUT2D eigenvalue weighted by molar-refractivity contribution is 0.222. The highest BCUT2D eigenvalue weighted by atomic mass is 16.5. The summed E-state index contributed by atoms with van der Waals surface area (Å²) in [5.41, 5.74) is 0. The average molecular weight is 265 g/mol. The lowest BCUT2D eigenvalue weighted by atomic mass is 10.0. The molecule has 0 aromatic carbocycles. The lowest BCUT2D eigenvalue weighted by Crippen LogP contribution is -2.35. The van der Waals surface area contributed by atoms with Crippen LogP contribution in [0.1, 0.15) is 33.6 Å². The summed E-state index contributed by atoms with van der Waals surface area (Å²) in [6.07, 6.45) is 2.51. The fourth-order valence-electron chi connectivity index (χ4n) is 2.23. The van der Waals surface area contributed by atoms with Gasteiger partial charge in [-0.3, -0.25) is 0 Å². The maximum Gasteiger partial charge on any atom is 0.323 e. The molecule has 1 aromatic heterocycles. The molecule has 6 heteroatoms. The van der Waals surface area contributed by atoms with Crippen LogP contribution in [0.3, 0.4) is 0 Å². The van der Waals surface area contributed by atoms with Gasteiger partial charge in [-0.2, -0.15) is 15.0 Å². The number of hydrogen-bond donors (Lipinski definition) is 1. The molecule has 106 valence electrons. The number of aromatic nitrogens is 3. The molecule has 1 aliphatic heterocycles. The molecule has 6 nitrogen and oxygen atoms in total. The van der Waals surface area contributed by atoms with E-state index >= 15 is 0 Å². The number of hydrogen-bond acceptors (Lipinski definition) is 6. The highest BCUT2D eigenvalue weighted by Gasteiger charge is 2.20. The number of nitrogens with zero attached hydrogens (tertiary/aromatic N) is 4. The molecule has 0 radical (unpaired) electrons. The number of rotatable bonds is 4. The first-order chi connectivity index (χ1) is 9.08. The summed E-state index contributed by atoms with van der Waals surface area (Å²) in [7, 11) is 1.80. The Morgan fingerprint density at radius 2 is 2.11 bits per heavy atom. The van der Waals surface area contributed by atoms with Gasteiger partial charge in [0.05, 0.1) is 6.10 Å². The topological polar surface area (TPSA) is 63.2 Å². The van der Waals surface area contributed by atoms with Crippen LogP contribution < -0.4 is 15.0 Å². The molecule has 1 aromatic rings. The Balaban J connectivity index is 2.22. The van der Waals surface area contributed by atoms with Crippen LogP contribution in [0.2, 0.25) is 0 Å². The molecule has 19 heavy (non-hydrogen) atoms. The van der Waals surface area contributed by atoms with Gasteiger partial charge >= 0.3 is 6.01 Å². The second-order valence-corrected chi connectivity index (χ2v) is 5.35. The SMILES string of the molecule is CNc1nc(OC(C)C)nc(N2CCCC(C)C2)n1. The standard InChI is InChI=1S/C13H23N5O/c1-9(2)19-13-16-11(14-4)15-12(17-13)18-7-5-6-10(3)8-18/h9-10H,5-8H2,1-4H3,(H,14,15,16,17). The highest BCUT2D eigenvalue weighted by molar-refractivity contribution is 5.38. The molecule has 1 N–H and O–H groups in total. The second-order valence-electron chi connectivity index (χ2n) is 5.35. The van der Waals surface area contributed by atoms with E-state index in [0.29, 0.717) is 23.8 Å². The van der Waals surface area contributed by atoms with Crippen LogP contribution in [-0.4, -0.2) is 41.2 Å². The van der Waals surface area contributed by atoms with Gasteiger partial charge < -0.3 is 15.0 Å². The molecular formula is C13H23N5O. The fraction of sp³-hybridized carbons (Fsp3) is 0.769. The molecule has 0 aliphatic carbocycles.